The fourth-order valence-corrected chi connectivity index (χ4v) is 2.46. The Labute approximate surface area is 154 Å². The largest absolute Gasteiger partial charge is 0.481 e. The van der Waals surface area contributed by atoms with Crippen LogP contribution in [0, 0.1) is 11.8 Å². The Balaban J connectivity index is 2.60. The number of hydrogen-bond acceptors (Lipinski definition) is 5. The number of amides is 1. The average Bonchev–Trinajstić information content (AvgIpc) is 2.50. The van der Waals surface area contributed by atoms with E-state index in [1.165, 1.54) is 6.92 Å². The van der Waals surface area contributed by atoms with Crippen molar-refractivity contribution in [2.75, 3.05) is 6.54 Å². The minimum Gasteiger partial charge on any atom is -0.481 e. The van der Waals surface area contributed by atoms with Gasteiger partial charge >= 0.3 is 18.0 Å². The van der Waals surface area contributed by atoms with Gasteiger partial charge in [0.05, 0.1) is 5.92 Å². The predicted molar refractivity (Wildman–Crippen MR) is 93.8 cm³/mol. The molecule has 0 heterocycles. The van der Waals surface area contributed by atoms with Gasteiger partial charge in [-0.25, -0.2) is 4.79 Å². The molecule has 0 radical (unpaired) electrons. The molecule has 2 atom stereocenters. The van der Waals surface area contributed by atoms with Crippen LogP contribution in [0.25, 0.3) is 0 Å². The number of halogens is 1. The van der Waals surface area contributed by atoms with Gasteiger partial charge in [0.25, 0.3) is 6.29 Å². The van der Waals surface area contributed by atoms with E-state index in [9.17, 15) is 19.5 Å². The summed E-state index contributed by atoms with van der Waals surface area (Å²) in [5, 5.41) is 11.7. The first-order valence-electron chi connectivity index (χ1n) is 7.78. The molecule has 1 aromatic carbocycles. The van der Waals surface area contributed by atoms with E-state index in [0.29, 0.717) is 0 Å². The van der Waals surface area contributed by atoms with Gasteiger partial charge in [-0.1, -0.05) is 41.9 Å². The Morgan fingerprint density at radius 1 is 1.24 bits per heavy atom. The molecular formula is C17H22BrNO6. The zero-order chi connectivity index (χ0) is 19.0. The summed E-state index contributed by atoms with van der Waals surface area (Å²) in [6.45, 7) is 4.57. The fraction of sp³-hybridized carbons (Fsp3) is 0.471. The monoisotopic (exact) mass is 415 g/mol. The molecule has 0 unspecified atom stereocenters. The summed E-state index contributed by atoms with van der Waals surface area (Å²) < 4.78 is 10.8. The van der Waals surface area contributed by atoms with Crippen molar-refractivity contribution in [3.05, 3.63) is 34.3 Å². The minimum absolute atomic E-state index is 0.106. The van der Waals surface area contributed by atoms with Crippen LogP contribution in [0.5, 0.6) is 0 Å². The Morgan fingerprint density at radius 3 is 2.44 bits per heavy atom. The third-order valence-electron chi connectivity index (χ3n) is 3.26. The van der Waals surface area contributed by atoms with Crippen molar-refractivity contribution >= 4 is 34.0 Å². The van der Waals surface area contributed by atoms with Gasteiger partial charge in [0.1, 0.15) is 0 Å². The lowest BCUT2D eigenvalue weighted by Gasteiger charge is -2.21. The first kappa shape index (κ1) is 21.0. The van der Waals surface area contributed by atoms with Gasteiger partial charge in [-0.05, 0) is 24.1 Å². The third-order valence-corrected chi connectivity index (χ3v) is 3.76. The maximum Gasteiger partial charge on any atom is 0.410 e. The van der Waals surface area contributed by atoms with Crippen molar-refractivity contribution in [2.45, 2.75) is 33.5 Å². The topological polar surface area (TPSA) is 102 Å². The molecule has 7 nitrogen and oxygen atoms in total. The molecule has 0 bridgehead atoms. The zero-order valence-corrected chi connectivity index (χ0v) is 15.9. The molecular weight excluding hydrogens is 394 g/mol. The summed E-state index contributed by atoms with van der Waals surface area (Å²) in [6, 6.07) is 7.29. The smallest absolute Gasteiger partial charge is 0.410 e. The maximum absolute atomic E-state index is 11.8. The number of nitrogens with one attached hydrogen (secondary N) is 1. The van der Waals surface area contributed by atoms with Crippen LogP contribution in [0.1, 0.15) is 26.3 Å². The summed E-state index contributed by atoms with van der Waals surface area (Å²) in [4.78, 5) is 34.3. The SMILES string of the molecule is CC(=O)O[C@@H](OC(=O)NC[C@H](Cc1cccc(Br)c1)C(=O)O)C(C)C. The molecule has 8 heteroatoms. The van der Waals surface area contributed by atoms with Crippen LogP contribution in [-0.2, 0) is 25.5 Å². The highest BCUT2D eigenvalue weighted by atomic mass is 79.9. The molecule has 138 valence electrons. The normalized spacial score (nSPS) is 13.0. The number of alkyl carbamates (subject to hydrolysis) is 1. The van der Waals surface area contributed by atoms with Crippen LogP contribution < -0.4 is 5.32 Å². The molecule has 0 fully saturated rings. The lowest BCUT2D eigenvalue weighted by molar-refractivity contribution is -0.172. The van der Waals surface area contributed by atoms with E-state index >= 15 is 0 Å². The molecule has 2 N–H and O–H groups in total. The highest BCUT2D eigenvalue weighted by Gasteiger charge is 2.23. The second kappa shape index (κ2) is 10.0. The van der Waals surface area contributed by atoms with E-state index in [4.69, 9.17) is 9.47 Å². The Hall–Kier alpha value is -2.09. The molecule has 0 aromatic heterocycles. The lowest BCUT2D eigenvalue weighted by Crippen LogP contribution is -2.38. The number of esters is 1. The molecule has 0 spiro atoms. The molecule has 0 aliphatic carbocycles. The van der Waals surface area contributed by atoms with Crippen LogP contribution in [0.15, 0.2) is 28.7 Å². The van der Waals surface area contributed by atoms with Crippen molar-refractivity contribution in [3.63, 3.8) is 0 Å². The van der Waals surface area contributed by atoms with E-state index < -0.39 is 30.2 Å². The Bertz CT molecular complexity index is 619. The van der Waals surface area contributed by atoms with Crippen molar-refractivity contribution in [1.29, 1.82) is 0 Å². The predicted octanol–water partition coefficient (Wildman–Crippen LogP) is 2.96. The summed E-state index contributed by atoms with van der Waals surface area (Å²) in [7, 11) is 0. The van der Waals surface area contributed by atoms with Gasteiger partial charge in [0.15, 0.2) is 0 Å². The average molecular weight is 416 g/mol. The summed E-state index contributed by atoms with van der Waals surface area (Å²) >= 11 is 3.33. The standard InChI is InChI=1S/C17H22BrNO6/c1-10(2)16(24-11(3)20)25-17(23)19-9-13(15(21)22)7-12-5-4-6-14(18)8-12/h4-6,8,10,13,16H,7,9H2,1-3H3,(H,19,23)(H,21,22)/t13-,16-/m0/s1. The summed E-state index contributed by atoms with van der Waals surface area (Å²) in [6.07, 6.45) is -1.60. The number of ether oxygens (including phenoxy) is 2. The highest BCUT2D eigenvalue weighted by Crippen LogP contribution is 2.15. The third kappa shape index (κ3) is 8.02. The van der Waals surface area contributed by atoms with Crippen molar-refractivity contribution < 1.29 is 29.0 Å². The van der Waals surface area contributed by atoms with Crippen molar-refractivity contribution in [3.8, 4) is 0 Å². The molecule has 0 saturated carbocycles. The summed E-state index contributed by atoms with van der Waals surface area (Å²) in [5.74, 6) is -2.63. The van der Waals surface area contributed by atoms with E-state index in [2.05, 4.69) is 21.2 Å². The fourth-order valence-electron chi connectivity index (χ4n) is 2.01. The van der Waals surface area contributed by atoms with Gasteiger partial charge in [-0.2, -0.15) is 0 Å². The van der Waals surface area contributed by atoms with Crippen LogP contribution in [0.2, 0.25) is 0 Å². The second-order valence-corrected chi connectivity index (χ2v) is 6.79. The number of carboxylic acids is 1. The van der Waals surface area contributed by atoms with Gasteiger partial charge in [-0.3, -0.25) is 9.59 Å². The molecule has 25 heavy (non-hydrogen) atoms. The molecule has 0 aliphatic heterocycles. The van der Waals surface area contributed by atoms with Gasteiger partial charge in [0, 0.05) is 23.9 Å². The Kier molecular flexibility index (Phi) is 8.40. The van der Waals surface area contributed by atoms with Crippen LogP contribution in [0.4, 0.5) is 4.79 Å². The van der Waals surface area contributed by atoms with Gasteiger partial charge < -0.3 is 19.9 Å². The van der Waals surface area contributed by atoms with Crippen LogP contribution in [0.3, 0.4) is 0 Å². The number of benzene rings is 1. The maximum atomic E-state index is 11.8. The quantitative estimate of drug-likeness (QED) is 0.499. The molecule has 0 aliphatic rings. The number of carboxylic acid groups (broad SMARTS) is 1. The number of carbonyl (C=O) groups is 3. The number of hydrogen-bond donors (Lipinski definition) is 2. The van der Waals surface area contributed by atoms with Gasteiger partial charge in [0.2, 0.25) is 0 Å². The zero-order valence-electron chi connectivity index (χ0n) is 14.3. The number of carbonyl (C=O) groups excluding carboxylic acids is 2. The Morgan fingerprint density at radius 2 is 1.92 bits per heavy atom. The van der Waals surface area contributed by atoms with Gasteiger partial charge in [-0.15, -0.1) is 0 Å². The molecule has 0 saturated heterocycles. The van der Waals surface area contributed by atoms with E-state index in [1.54, 1.807) is 13.8 Å². The van der Waals surface area contributed by atoms with E-state index in [-0.39, 0.29) is 18.9 Å². The number of rotatable bonds is 8. The van der Waals surface area contributed by atoms with E-state index in [0.717, 1.165) is 10.0 Å². The minimum atomic E-state index is -1.03. The molecule has 1 rings (SSSR count). The first-order valence-corrected chi connectivity index (χ1v) is 8.57. The van der Waals surface area contributed by atoms with Crippen molar-refractivity contribution in [1.82, 2.24) is 5.32 Å². The van der Waals surface area contributed by atoms with Crippen LogP contribution in [-0.4, -0.2) is 36.0 Å². The first-order chi connectivity index (χ1) is 11.7. The second-order valence-electron chi connectivity index (χ2n) is 5.88. The van der Waals surface area contributed by atoms with Crippen molar-refractivity contribution in [2.24, 2.45) is 11.8 Å². The van der Waals surface area contributed by atoms with Crippen LogP contribution >= 0.6 is 15.9 Å². The number of aliphatic carboxylic acids is 1. The lowest BCUT2D eigenvalue weighted by atomic mass is 9.99. The molecule has 1 amide bonds. The van der Waals surface area contributed by atoms with E-state index in [1.807, 2.05) is 24.3 Å². The summed E-state index contributed by atoms with van der Waals surface area (Å²) in [5.41, 5.74) is 0.830. The highest BCUT2D eigenvalue weighted by molar-refractivity contribution is 9.10. The molecule has 1 aromatic rings.